The topological polar surface area (TPSA) is 88.7 Å². The van der Waals surface area contributed by atoms with Gasteiger partial charge in [0.15, 0.2) is 0 Å². The average molecular weight is 387 g/mol. The van der Waals surface area contributed by atoms with Crippen LogP contribution >= 0.6 is 0 Å². The number of hydrogen-bond acceptors (Lipinski definition) is 6. The fourth-order valence-corrected chi connectivity index (χ4v) is 3.71. The molecule has 1 fully saturated rings. The quantitative estimate of drug-likeness (QED) is 0.711. The van der Waals surface area contributed by atoms with Gasteiger partial charge < -0.3 is 19.2 Å². The first-order valence-electron chi connectivity index (χ1n) is 10.0. The first kappa shape index (κ1) is 20.3. The number of carbonyl (C=O) groups excluding carboxylic acids is 1. The van der Waals surface area contributed by atoms with E-state index in [4.69, 9.17) is 9.15 Å². The second-order valence-electron chi connectivity index (χ2n) is 7.19. The van der Waals surface area contributed by atoms with Gasteiger partial charge in [-0.05, 0) is 49.8 Å². The monoisotopic (exact) mass is 387 g/mol. The number of rotatable bonds is 9. The van der Waals surface area contributed by atoms with Crippen LogP contribution in [-0.2, 0) is 24.1 Å². The Kier molecular flexibility index (Phi) is 7.42. The minimum absolute atomic E-state index is 0.106. The molecule has 7 heteroatoms. The number of amides is 1. The lowest BCUT2D eigenvalue weighted by atomic mass is 9.99. The van der Waals surface area contributed by atoms with Gasteiger partial charge in [0.1, 0.15) is 5.75 Å². The number of piperidine rings is 1. The van der Waals surface area contributed by atoms with E-state index in [0.717, 1.165) is 43.5 Å². The van der Waals surface area contributed by atoms with Crippen LogP contribution in [0.4, 0.5) is 0 Å². The van der Waals surface area contributed by atoms with Crippen molar-refractivity contribution in [3.8, 4) is 5.75 Å². The smallest absolute Gasteiger partial charge is 0.223 e. The number of aryl methyl sites for hydroxylation is 3. The Morgan fingerprint density at radius 1 is 1.25 bits per heavy atom. The van der Waals surface area contributed by atoms with E-state index < -0.39 is 0 Å². The van der Waals surface area contributed by atoms with E-state index in [1.165, 1.54) is 0 Å². The van der Waals surface area contributed by atoms with E-state index in [2.05, 4.69) is 10.2 Å². The van der Waals surface area contributed by atoms with Crippen LogP contribution in [0.1, 0.15) is 49.4 Å². The van der Waals surface area contributed by atoms with Crippen LogP contribution in [0.25, 0.3) is 0 Å². The number of aliphatic hydroxyl groups is 1. The van der Waals surface area contributed by atoms with E-state index in [1.54, 1.807) is 7.11 Å². The van der Waals surface area contributed by atoms with Crippen molar-refractivity contribution >= 4 is 5.91 Å². The minimum Gasteiger partial charge on any atom is -0.497 e. The van der Waals surface area contributed by atoms with Gasteiger partial charge >= 0.3 is 0 Å². The number of benzene rings is 1. The average Bonchev–Trinajstić information content (AvgIpc) is 3.19. The molecule has 0 saturated carbocycles. The van der Waals surface area contributed by atoms with Crippen molar-refractivity contribution in [2.45, 2.75) is 57.4 Å². The molecule has 3 rings (SSSR count). The molecule has 1 aliphatic heterocycles. The molecule has 2 heterocycles. The van der Waals surface area contributed by atoms with Crippen LogP contribution in [0.15, 0.2) is 28.7 Å². The van der Waals surface area contributed by atoms with Crippen LogP contribution in [0.3, 0.4) is 0 Å². The molecule has 1 aliphatic rings. The summed E-state index contributed by atoms with van der Waals surface area (Å²) in [6, 6.07) is 8.08. The fraction of sp³-hybridized carbons (Fsp3) is 0.571. The number of nitrogens with zero attached hydrogens (tertiary/aromatic N) is 3. The Morgan fingerprint density at radius 2 is 2.07 bits per heavy atom. The SMILES string of the molecule is COc1cccc(CCc2nnc(CCC(=O)N3CCCC[C@@H]3CCO)o2)c1. The van der Waals surface area contributed by atoms with Gasteiger partial charge in [0.05, 0.1) is 7.11 Å². The third kappa shape index (κ3) is 5.55. The van der Waals surface area contributed by atoms with Crippen molar-refractivity contribution in [3.05, 3.63) is 41.6 Å². The molecular weight excluding hydrogens is 358 g/mol. The second kappa shape index (κ2) is 10.2. The summed E-state index contributed by atoms with van der Waals surface area (Å²) in [6.07, 6.45) is 6.03. The Bertz CT molecular complexity index is 760. The first-order chi connectivity index (χ1) is 13.7. The zero-order valence-electron chi connectivity index (χ0n) is 16.5. The largest absolute Gasteiger partial charge is 0.497 e. The highest BCUT2D eigenvalue weighted by molar-refractivity contribution is 5.76. The van der Waals surface area contributed by atoms with Crippen LogP contribution in [0.5, 0.6) is 5.75 Å². The van der Waals surface area contributed by atoms with Gasteiger partial charge in [0, 0.05) is 38.5 Å². The lowest BCUT2D eigenvalue weighted by Crippen LogP contribution is -2.44. The lowest BCUT2D eigenvalue weighted by Gasteiger charge is -2.35. The number of carbonyl (C=O) groups is 1. The van der Waals surface area contributed by atoms with Gasteiger partial charge in [-0.2, -0.15) is 0 Å². The molecule has 1 saturated heterocycles. The molecule has 1 amide bonds. The maximum absolute atomic E-state index is 12.6. The summed E-state index contributed by atoms with van der Waals surface area (Å²) >= 11 is 0. The zero-order valence-corrected chi connectivity index (χ0v) is 16.5. The van der Waals surface area contributed by atoms with Gasteiger partial charge in [-0.3, -0.25) is 4.79 Å². The van der Waals surface area contributed by atoms with E-state index in [1.807, 2.05) is 29.2 Å². The molecule has 1 aromatic carbocycles. The predicted molar refractivity (Wildman–Crippen MR) is 104 cm³/mol. The molecule has 2 aromatic rings. The van der Waals surface area contributed by atoms with E-state index in [-0.39, 0.29) is 18.6 Å². The van der Waals surface area contributed by atoms with Crippen molar-refractivity contribution in [2.24, 2.45) is 0 Å². The number of aromatic nitrogens is 2. The van der Waals surface area contributed by atoms with Crippen molar-refractivity contribution in [1.82, 2.24) is 15.1 Å². The van der Waals surface area contributed by atoms with Gasteiger partial charge in [0.25, 0.3) is 0 Å². The second-order valence-corrected chi connectivity index (χ2v) is 7.19. The molecule has 0 bridgehead atoms. The highest BCUT2D eigenvalue weighted by atomic mass is 16.5. The van der Waals surface area contributed by atoms with Crippen LogP contribution in [0.2, 0.25) is 0 Å². The summed E-state index contributed by atoms with van der Waals surface area (Å²) in [5.41, 5.74) is 1.15. The zero-order chi connectivity index (χ0) is 19.8. The molecule has 0 unspecified atom stereocenters. The van der Waals surface area contributed by atoms with E-state index in [9.17, 15) is 9.90 Å². The van der Waals surface area contributed by atoms with Crippen molar-refractivity contribution < 1.29 is 19.1 Å². The van der Waals surface area contributed by atoms with E-state index >= 15 is 0 Å². The van der Waals surface area contributed by atoms with Crippen LogP contribution in [-0.4, -0.2) is 52.4 Å². The maximum atomic E-state index is 12.6. The predicted octanol–water partition coefficient (Wildman–Crippen LogP) is 2.56. The molecule has 7 nitrogen and oxygen atoms in total. The van der Waals surface area contributed by atoms with Gasteiger partial charge in [-0.15, -0.1) is 10.2 Å². The summed E-state index contributed by atoms with van der Waals surface area (Å²) in [7, 11) is 1.65. The highest BCUT2D eigenvalue weighted by Gasteiger charge is 2.26. The number of hydrogen-bond donors (Lipinski definition) is 1. The van der Waals surface area contributed by atoms with Gasteiger partial charge in [0.2, 0.25) is 17.7 Å². The number of aliphatic hydroxyl groups excluding tert-OH is 1. The summed E-state index contributed by atoms with van der Waals surface area (Å²) < 4.78 is 10.9. The summed E-state index contributed by atoms with van der Waals surface area (Å²) in [5, 5.41) is 17.4. The molecule has 0 spiro atoms. The summed E-state index contributed by atoms with van der Waals surface area (Å²) in [5.74, 6) is 2.03. The number of methoxy groups -OCH3 is 1. The number of ether oxygens (including phenoxy) is 1. The molecule has 1 N–H and O–H groups in total. The van der Waals surface area contributed by atoms with Crippen molar-refractivity contribution in [3.63, 3.8) is 0 Å². The molecule has 28 heavy (non-hydrogen) atoms. The Labute approximate surface area is 165 Å². The maximum Gasteiger partial charge on any atom is 0.223 e. The minimum atomic E-state index is 0.106. The molecule has 0 aliphatic carbocycles. The normalized spacial score (nSPS) is 16.9. The molecule has 152 valence electrons. The Hall–Kier alpha value is -2.41. The van der Waals surface area contributed by atoms with E-state index in [0.29, 0.717) is 37.5 Å². The number of likely N-dealkylation sites (tertiary alicyclic amines) is 1. The Balaban J connectivity index is 1.48. The van der Waals surface area contributed by atoms with Gasteiger partial charge in [-0.25, -0.2) is 0 Å². The third-order valence-electron chi connectivity index (χ3n) is 5.23. The highest BCUT2D eigenvalue weighted by Crippen LogP contribution is 2.21. The van der Waals surface area contributed by atoms with Gasteiger partial charge in [-0.1, -0.05) is 12.1 Å². The summed E-state index contributed by atoms with van der Waals surface area (Å²) in [6.45, 7) is 0.897. The molecule has 1 aromatic heterocycles. The molecule has 0 radical (unpaired) electrons. The molecular formula is C21H29N3O4. The summed E-state index contributed by atoms with van der Waals surface area (Å²) in [4.78, 5) is 14.5. The van der Waals surface area contributed by atoms with Crippen molar-refractivity contribution in [2.75, 3.05) is 20.3 Å². The van der Waals surface area contributed by atoms with Crippen molar-refractivity contribution in [1.29, 1.82) is 0 Å². The fourth-order valence-electron chi connectivity index (χ4n) is 3.71. The van der Waals surface area contributed by atoms with Crippen LogP contribution in [0, 0.1) is 0 Å². The third-order valence-corrected chi connectivity index (χ3v) is 5.23. The molecule has 1 atom stereocenters. The standard InChI is InChI=1S/C21H29N3O4/c1-27-18-7-4-5-16(15-18)8-9-19-22-23-20(28-19)10-11-21(26)24-13-3-2-6-17(24)12-14-25/h4-5,7,15,17,25H,2-3,6,8-14H2,1H3/t17-/m1/s1. The Morgan fingerprint density at radius 3 is 2.86 bits per heavy atom. The van der Waals surface area contributed by atoms with Crippen LogP contribution < -0.4 is 4.74 Å². The lowest BCUT2D eigenvalue weighted by molar-refractivity contribution is -0.135. The first-order valence-corrected chi connectivity index (χ1v) is 10.0.